The molecule has 6 heteroatoms. The third kappa shape index (κ3) is 4.04. The van der Waals surface area contributed by atoms with Crippen LogP contribution in [0.1, 0.15) is 16.1 Å². The van der Waals surface area contributed by atoms with Gasteiger partial charge in [-0.3, -0.25) is 10.1 Å². The quantitative estimate of drug-likeness (QED) is 0.832. The Bertz CT molecular complexity index is 583. The van der Waals surface area contributed by atoms with Gasteiger partial charge in [0.05, 0.1) is 12.3 Å². The molecule has 0 aliphatic carbocycles. The number of anilines is 1. The summed E-state index contributed by atoms with van der Waals surface area (Å²) in [4.78, 5) is 16.3. The molecule has 1 aromatic heterocycles. The molecule has 1 aromatic carbocycles. The molecule has 106 valence electrons. The summed E-state index contributed by atoms with van der Waals surface area (Å²) in [5.41, 5.74) is 1.43. The van der Waals surface area contributed by atoms with Gasteiger partial charge in [0.15, 0.2) is 5.13 Å². The number of carbonyl (C=O) groups excluding carboxylic acids is 1. The number of amides is 1. The molecule has 1 N–H and O–H groups in total. The minimum absolute atomic E-state index is 0.198. The highest BCUT2D eigenvalue weighted by atomic mass is 32.1. The van der Waals surface area contributed by atoms with Crippen molar-refractivity contribution in [3.8, 4) is 5.75 Å². The van der Waals surface area contributed by atoms with Gasteiger partial charge < -0.3 is 9.47 Å². The summed E-state index contributed by atoms with van der Waals surface area (Å²) in [7, 11) is 1.61. The largest absolute Gasteiger partial charge is 0.491 e. The number of hydrogen-bond acceptors (Lipinski definition) is 5. The van der Waals surface area contributed by atoms with E-state index in [0.29, 0.717) is 29.7 Å². The van der Waals surface area contributed by atoms with Crippen molar-refractivity contribution < 1.29 is 14.3 Å². The average Bonchev–Trinajstić information content (AvgIpc) is 2.85. The molecule has 2 rings (SSSR count). The lowest BCUT2D eigenvalue weighted by molar-refractivity contribution is 0.102. The van der Waals surface area contributed by atoms with E-state index in [9.17, 15) is 4.79 Å². The fraction of sp³-hybridized carbons (Fsp3) is 0.286. The van der Waals surface area contributed by atoms with Crippen molar-refractivity contribution >= 4 is 22.4 Å². The summed E-state index contributed by atoms with van der Waals surface area (Å²) < 4.78 is 10.4. The number of ether oxygens (including phenoxy) is 2. The van der Waals surface area contributed by atoms with Gasteiger partial charge in [-0.2, -0.15) is 0 Å². The summed E-state index contributed by atoms with van der Waals surface area (Å²) in [6.07, 6.45) is 0. The number of methoxy groups -OCH3 is 1. The van der Waals surface area contributed by atoms with E-state index in [2.05, 4.69) is 10.3 Å². The molecule has 5 nitrogen and oxygen atoms in total. The second kappa shape index (κ2) is 7.02. The van der Waals surface area contributed by atoms with Crippen molar-refractivity contribution in [1.82, 2.24) is 4.98 Å². The maximum absolute atomic E-state index is 12.1. The maximum atomic E-state index is 12.1. The molecule has 0 radical (unpaired) electrons. The molecule has 0 aliphatic heterocycles. The van der Waals surface area contributed by atoms with E-state index < -0.39 is 0 Å². The molecule has 0 bridgehead atoms. The lowest BCUT2D eigenvalue weighted by atomic mass is 10.2. The second-order valence-corrected chi connectivity index (χ2v) is 4.98. The maximum Gasteiger partial charge on any atom is 0.257 e. The molecule has 2 aromatic rings. The predicted molar refractivity (Wildman–Crippen MR) is 78.6 cm³/mol. The molecule has 1 amide bonds. The summed E-state index contributed by atoms with van der Waals surface area (Å²) in [5, 5.41) is 5.25. The first-order valence-electron chi connectivity index (χ1n) is 6.14. The van der Waals surface area contributed by atoms with Crippen LogP contribution in [0.25, 0.3) is 0 Å². The highest BCUT2D eigenvalue weighted by Crippen LogP contribution is 2.18. The molecule has 0 aliphatic rings. The Morgan fingerprint density at radius 1 is 1.40 bits per heavy atom. The molecular formula is C14H16N2O3S. The number of rotatable bonds is 6. The fourth-order valence-electron chi connectivity index (χ4n) is 1.55. The lowest BCUT2D eigenvalue weighted by Crippen LogP contribution is -2.12. The van der Waals surface area contributed by atoms with Crippen LogP contribution in [0.4, 0.5) is 5.13 Å². The third-order valence-corrected chi connectivity index (χ3v) is 3.37. The number of benzene rings is 1. The van der Waals surface area contributed by atoms with Crippen LogP contribution in [0.5, 0.6) is 5.75 Å². The SMILES string of the molecule is COCCOc1cccc(C(=O)Nc2nc(C)cs2)c1. The number of aryl methyl sites for hydroxylation is 1. The van der Waals surface area contributed by atoms with Crippen LogP contribution in [0.3, 0.4) is 0 Å². The monoisotopic (exact) mass is 292 g/mol. The Hall–Kier alpha value is -1.92. The van der Waals surface area contributed by atoms with Crippen molar-refractivity contribution in [3.05, 3.63) is 40.9 Å². The number of aromatic nitrogens is 1. The van der Waals surface area contributed by atoms with Crippen LogP contribution in [0.15, 0.2) is 29.6 Å². The van der Waals surface area contributed by atoms with E-state index in [1.54, 1.807) is 31.4 Å². The molecule has 0 saturated carbocycles. The molecule has 0 unspecified atom stereocenters. The van der Waals surface area contributed by atoms with E-state index in [4.69, 9.17) is 9.47 Å². The smallest absolute Gasteiger partial charge is 0.257 e. The predicted octanol–water partition coefficient (Wildman–Crippen LogP) is 2.73. The van der Waals surface area contributed by atoms with Gasteiger partial charge in [0.1, 0.15) is 12.4 Å². The Morgan fingerprint density at radius 2 is 2.25 bits per heavy atom. The number of nitrogens with one attached hydrogen (secondary N) is 1. The lowest BCUT2D eigenvalue weighted by Gasteiger charge is -2.07. The first-order valence-corrected chi connectivity index (χ1v) is 7.02. The molecule has 0 saturated heterocycles. The van der Waals surface area contributed by atoms with Crippen LogP contribution in [-0.4, -0.2) is 31.2 Å². The highest BCUT2D eigenvalue weighted by molar-refractivity contribution is 7.13. The summed E-state index contributed by atoms with van der Waals surface area (Å²) in [5.74, 6) is 0.446. The highest BCUT2D eigenvalue weighted by Gasteiger charge is 2.09. The zero-order valence-electron chi connectivity index (χ0n) is 11.4. The van der Waals surface area contributed by atoms with Crippen LogP contribution < -0.4 is 10.1 Å². The average molecular weight is 292 g/mol. The minimum atomic E-state index is -0.198. The minimum Gasteiger partial charge on any atom is -0.491 e. The third-order valence-electron chi connectivity index (χ3n) is 2.49. The number of nitrogens with zero attached hydrogens (tertiary/aromatic N) is 1. The van der Waals surface area contributed by atoms with Gasteiger partial charge in [0, 0.05) is 18.1 Å². The van der Waals surface area contributed by atoms with Crippen molar-refractivity contribution in [2.75, 3.05) is 25.6 Å². The van der Waals surface area contributed by atoms with Crippen LogP contribution in [-0.2, 0) is 4.74 Å². The Kier molecular flexibility index (Phi) is 5.09. The molecule has 0 fully saturated rings. The van der Waals surface area contributed by atoms with Crippen molar-refractivity contribution in [2.24, 2.45) is 0 Å². The van der Waals surface area contributed by atoms with E-state index in [1.807, 2.05) is 12.3 Å². The first-order chi connectivity index (χ1) is 9.69. The fourth-order valence-corrected chi connectivity index (χ4v) is 2.23. The molecule has 1 heterocycles. The van der Waals surface area contributed by atoms with Crippen molar-refractivity contribution in [1.29, 1.82) is 0 Å². The number of thiazole rings is 1. The topological polar surface area (TPSA) is 60.5 Å². The van der Waals surface area contributed by atoms with Crippen LogP contribution >= 0.6 is 11.3 Å². The van der Waals surface area contributed by atoms with Crippen molar-refractivity contribution in [3.63, 3.8) is 0 Å². The zero-order chi connectivity index (χ0) is 14.4. The normalized spacial score (nSPS) is 10.3. The van der Waals surface area contributed by atoms with E-state index in [1.165, 1.54) is 11.3 Å². The van der Waals surface area contributed by atoms with Crippen LogP contribution in [0.2, 0.25) is 0 Å². The standard InChI is InChI=1S/C14H16N2O3S/c1-10-9-20-14(15-10)16-13(17)11-4-3-5-12(8-11)19-7-6-18-2/h3-5,8-9H,6-7H2,1-2H3,(H,15,16,17). The zero-order valence-corrected chi connectivity index (χ0v) is 12.2. The number of hydrogen-bond donors (Lipinski definition) is 1. The number of carbonyl (C=O) groups is 1. The van der Waals surface area contributed by atoms with Gasteiger partial charge in [-0.1, -0.05) is 6.07 Å². The molecule has 0 spiro atoms. The van der Waals surface area contributed by atoms with Crippen LogP contribution in [0, 0.1) is 6.92 Å². The van der Waals surface area contributed by atoms with E-state index >= 15 is 0 Å². The summed E-state index contributed by atoms with van der Waals surface area (Å²) in [6, 6.07) is 7.02. The Morgan fingerprint density at radius 3 is 2.95 bits per heavy atom. The molecular weight excluding hydrogens is 276 g/mol. The second-order valence-electron chi connectivity index (χ2n) is 4.12. The summed E-state index contributed by atoms with van der Waals surface area (Å²) in [6.45, 7) is 2.85. The van der Waals surface area contributed by atoms with Gasteiger partial charge in [-0.05, 0) is 25.1 Å². The van der Waals surface area contributed by atoms with Gasteiger partial charge in [0.25, 0.3) is 5.91 Å². The Balaban J connectivity index is 2.00. The molecule has 20 heavy (non-hydrogen) atoms. The van der Waals surface area contributed by atoms with Crippen molar-refractivity contribution in [2.45, 2.75) is 6.92 Å². The van der Waals surface area contributed by atoms with Gasteiger partial charge in [-0.15, -0.1) is 11.3 Å². The Labute approximate surface area is 121 Å². The van der Waals surface area contributed by atoms with Gasteiger partial charge in [0.2, 0.25) is 0 Å². The first kappa shape index (κ1) is 14.5. The van der Waals surface area contributed by atoms with E-state index in [0.717, 1.165) is 5.69 Å². The van der Waals surface area contributed by atoms with E-state index in [-0.39, 0.29) is 5.91 Å². The van der Waals surface area contributed by atoms with Gasteiger partial charge in [-0.25, -0.2) is 4.98 Å². The van der Waals surface area contributed by atoms with Gasteiger partial charge >= 0.3 is 0 Å². The molecule has 0 atom stereocenters. The summed E-state index contributed by atoms with van der Waals surface area (Å²) >= 11 is 1.40.